The molecule has 0 aromatic heterocycles. The second kappa shape index (κ2) is 7.05. The molecule has 0 bridgehead atoms. The third-order valence-corrected chi connectivity index (χ3v) is 0.868. The Labute approximate surface area is 56.1 Å². The lowest BCUT2D eigenvalue weighted by Gasteiger charge is -1.93. The van der Waals surface area contributed by atoms with Gasteiger partial charge < -0.3 is 4.74 Å². The summed E-state index contributed by atoms with van der Waals surface area (Å²) in [6, 6.07) is 0. The second-order valence-corrected chi connectivity index (χ2v) is 1.81. The first-order chi connectivity index (χ1) is 3.91. The first kappa shape index (κ1) is 8.05. The van der Waals surface area contributed by atoms with E-state index >= 15 is 0 Å². The van der Waals surface area contributed by atoms with Crippen LogP contribution in [-0.4, -0.2) is 19.0 Å². The Morgan fingerprint density at radius 3 is 2.88 bits per heavy atom. The Hall–Kier alpha value is 0.0500. The molecule has 0 atom stereocenters. The third kappa shape index (κ3) is 6.05. The molecule has 0 amide bonds. The van der Waals surface area contributed by atoms with Crippen LogP contribution in [0.25, 0.3) is 0 Å². The van der Waals surface area contributed by atoms with Crippen LogP contribution in [0, 0.1) is 0 Å². The van der Waals surface area contributed by atoms with Gasteiger partial charge in [0.25, 0.3) is 0 Å². The van der Waals surface area contributed by atoms with Crippen molar-refractivity contribution in [3.8, 4) is 0 Å². The number of hydrogen-bond acceptors (Lipinski definition) is 2. The third-order valence-electron chi connectivity index (χ3n) is 0.685. The predicted molar refractivity (Wildman–Crippen MR) is 39.5 cm³/mol. The van der Waals surface area contributed by atoms with E-state index in [0.29, 0.717) is 0 Å². The molecule has 0 aromatic carbocycles. The molecule has 0 unspecified atom stereocenters. The number of allylic oxidation sites excluding steroid dienone is 1. The zero-order valence-corrected chi connectivity index (χ0v) is 6.03. The fraction of sp³-hybridized carbons (Fsp3) is 0.667. The van der Waals surface area contributed by atoms with Crippen LogP contribution in [0.5, 0.6) is 0 Å². The van der Waals surface area contributed by atoms with Crippen molar-refractivity contribution < 1.29 is 4.74 Å². The van der Waals surface area contributed by atoms with Gasteiger partial charge in [0.1, 0.15) is 0 Å². The van der Waals surface area contributed by atoms with Gasteiger partial charge in [0.2, 0.25) is 0 Å². The molecule has 8 heavy (non-hydrogen) atoms. The van der Waals surface area contributed by atoms with Gasteiger partial charge in [-0.25, -0.2) is 0 Å². The van der Waals surface area contributed by atoms with Crippen LogP contribution in [0.1, 0.15) is 6.92 Å². The van der Waals surface area contributed by atoms with Crippen molar-refractivity contribution in [1.82, 2.24) is 0 Å². The normalized spacial score (nSPS) is 10.8. The van der Waals surface area contributed by atoms with Gasteiger partial charge in [-0.15, -0.1) is 0 Å². The highest BCUT2D eigenvalue weighted by Gasteiger charge is 1.76. The van der Waals surface area contributed by atoms with Gasteiger partial charge in [-0.3, -0.25) is 0 Å². The molecular weight excluding hydrogens is 120 g/mol. The molecule has 0 heterocycles. The summed E-state index contributed by atoms with van der Waals surface area (Å²) < 4.78 is 5.06. The molecule has 0 radical (unpaired) electrons. The minimum absolute atomic E-state index is 0.719. The van der Waals surface area contributed by atoms with Gasteiger partial charge in [-0.05, 0) is 6.92 Å². The average molecular weight is 132 g/mol. The molecule has 0 saturated carbocycles. The molecular formula is C6H12OS. The van der Waals surface area contributed by atoms with E-state index in [9.17, 15) is 0 Å². The van der Waals surface area contributed by atoms with E-state index in [1.807, 2.05) is 19.1 Å². The Balaban J connectivity index is 2.72. The van der Waals surface area contributed by atoms with Crippen LogP contribution in [0.3, 0.4) is 0 Å². The minimum Gasteiger partial charge on any atom is -0.377 e. The highest BCUT2D eigenvalue weighted by molar-refractivity contribution is 7.80. The molecule has 0 aliphatic carbocycles. The van der Waals surface area contributed by atoms with Crippen molar-refractivity contribution in [3.63, 3.8) is 0 Å². The van der Waals surface area contributed by atoms with Crippen molar-refractivity contribution in [3.05, 3.63) is 12.2 Å². The number of hydrogen-bond donors (Lipinski definition) is 1. The Bertz CT molecular complexity index is 61.5. The molecule has 48 valence electrons. The molecule has 0 spiro atoms. The largest absolute Gasteiger partial charge is 0.377 e. The fourth-order valence-electron chi connectivity index (χ4n) is 0.312. The summed E-state index contributed by atoms with van der Waals surface area (Å²) in [5, 5.41) is 0. The topological polar surface area (TPSA) is 9.23 Å². The summed E-state index contributed by atoms with van der Waals surface area (Å²) in [7, 11) is 0. The zero-order valence-electron chi connectivity index (χ0n) is 5.13. The number of thiol groups is 1. The molecule has 0 fully saturated rings. The highest BCUT2D eigenvalue weighted by Crippen LogP contribution is 1.78. The van der Waals surface area contributed by atoms with Crippen molar-refractivity contribution in [1.29, 1.82) is 0 Å². The molecule has 0 aliphatic rings. The number of ether oxygens (including phenoxy) is 1. The summed E-state index contributed by atoms with van der Waals surface area (Å²) in [5.41, 5.74) is 0. The van der Waals surface area contributed by atoms with Crippen LogP contribution in [0.15, 0.2) is 12.2 Å². The van der Waals surface area contributed by atoms with E-state index in [-0.39, 0.29) is 0 Å². The first-order valence-electron chi connectivity index (χ1n) is 2.71. The van der Waals surface area contributed by atoms with E-state index in [2.05, 4.69) is 12.6 Å². The van der Waals surface area contributed by atoms with Crippen LogP contribution in [0.4, 0.5) is 0 Å². The van der Waals surface area contributed by atoms with Crippen molar-refractivity contribution in [2.45, 2.75) is 6.92 Å². The predicted octanol–water partition coefficient (Wildman–Crippen LogP) is 1.51. The first-order valence-corrected chi connectivity index (χ1v) is 3.34. The Morgan fingerprint density at radius 2 is 2.38 bits per heavy atom. The van der Waals surface area contributed by atoms with Crippen LogP contribution >= 0.6 is 12.6 Å². The van der Waals surface area contributed by atoms with E-state index in [1.54, 1.807) is 0 Å². The molecule has 0 aromatic rings. The summed E-state index contributed by atoms with van der Waals surface area (Å²) in [5.74, 6) is 0.803. The quantitative estimate of drug-likeness (QED) is 0.346. The second-order valence-electron chi connectivity index (χ2n) is 1.37. The number of rotatable bonds is 4. The van der Waals surface area contributed by atoms with E-state index in [0.717, 1.165) is 19.0 Å². The molecule has 1 nitrogen and oxygen atoms in total. The van der Waals surface area contributed by atoms with E-state index in [1.165, 1.54) is 0 Å². The molecule has 2 heteroatoms. The molecule has 0 rings (SSSR count). The van der Waals surface area contributed by atoms with Crippen LogP contribution in [-0.2, 0) is 4.74 Å². The lowest BCUT2D eigenvalue weighted by atomic mass is 10.5. The summed E-state index contributed by atoms with van der Waals surface area (Å²) >= 11 is 3.97. The molecule has 0 aliphatic heterocycles. The monoisotopic (exact) mass is 132 g/mol. The van der Waals surface area contributed by atoms with Crippen LogP contribution in [0.2, 0.25) is 0 Å². The maximum atomic E-state index is 5.06. The van der Waals surface area contributed by atoms with Gasteiger partial charge in [0, 0.05) is 5.75 Å². The van der Waals surface area contributed by atoms with Gasteiger partial charge in [0.15, 0.2) is 0 Å². The smallest absolute Gasteiger partial charge is 0.0647 e. The fourth-order valence-corrected chi connectivity index (χ4v) is 0.441. The summed E-state index contributed by atoms with van der Waals surface area (Å²) in [4.78, 5) is 0. The standard InChI is InChI=1S/C6H12OS/c1-2-3-4-7-5-6-8/h2-3,8H,4-6H2,1H3. The molecule has 0 saturated heterocycles. The molecule has 0 N–H and O–H groups in total. The van der Waals surface area contributed by atoms with Crippen molar-refractivity contribution in [2.24, 2.45) is 0 Å². The summed E-state index contributed by atoms with van der Waals surface area (Å²) in [6.45, 7) is 3.44. The lowest BCUT2D eigenvalue weighted by molar-refractivity contribution is 0.180. The summed E-state index contributed by atoms with van der Waals surface area (Å²) in [6.07, 6.45) is 3.95. The van der Waals surface area contributed by atoms with E-state index < -0.39 is 0 Å². The van der Waals surface area contributed by atoms with Gasteiger partial charge >= 0.3 is 0 Å². The van der Waals surface area contributed by atoms with Crippen molar-refractivity contribution >= 4 is 12.6 Å². The van der Waals surface area contributed by atoms with E-state index in [4.69, 9.17) is 4.74 Å². The Morgan fingerprint density at radius 1 is 1.62 bits per heavy atom. The minimum atomic E-state index is 0.719. The van der Waals surface area contributed by atoms with Gasteiger partial charge in [0.05, 0.1) is 13.2 Å². The SMILES string of the molecule is CC=CCOCCS. The van der Waals surface area contributed by atoms with Crippen LogP contribution < -0.4 is 0 Å². The Kier molecular flexibility index (Phi) is 7.09. The highest BCUT2D eigenvalue weighted by atomic mass is 32.1. The zero-order chi connectivity index (χ0) is 6.24. The van der Waals surface area contributed by atoms with Gasteiger partial charge in [-0.2, -0.15) is 12.6 Å². The van der Waals surface area contributed by atoms with Crippen molar-refractivity contribution in [2.75, 3.05) is 19.0 Å². The van der Waals surface area contributed by atoms with Gasteiger partial charge in [-0.1, -0.05) is 12.2 Å². The maximum absolute atomic E-state index is 5.06. The average Bonchev–Trinajstić information content (AvgIpc) is 1.81. The lowest BCUT2D eigenvalue weighted by Crippen LogP contribution is -1.93. The maximum Gasteiger partial charge on any atom is 0.0647 e.